The summed E-state index contributed by atoms with van der Waals surface area (Å²) in [6.07, 6.45) is 10.2. The summed E-state index contributed by atoms with van der Waals surface area (Å²) in [6, 6.07) is 9.90. The molecule has 4 N–H and O–H groups in total. The summed E-state index contributed by atoms with van der Waals surface area (Å²) in [6.45, 7) is 19.3. The molecule has 10 atom stereocenters. The van der Waals surface area contributed by atoms with Crippen molar-refractivity contribution in [3.8, 4) is 0 Å². The topological polar surface area (TPSA) is 142 Å². The number of carboxylic acid groups (broad SMARTS) is 1. The van der Waals surface area contributed by atoms with Crippen LogP contribution in [0.5, 0.6) is 0 Å². The van der Waals surface area contributed by atoms with E-state index in [1.807, 2.05) is 6.07 Å². The SMILES string of the molecule is C=C(C)[C@@H]1CC[C@]2(C(=O)NCc3cccc(C(=O)NCc4cccc(C(=O)O)n4)n3)CC[C@]3(C)C(CCC4[C@@]5(C)CC[C@H](O)C(C)(C)C5CC[C@]43C)C12. The molecule has 2 aromatic heterocycles. The normalized spacial score (nSPS) is 38.3. The van der Waals surface area contributed by atoms with Gasteiger partial charge in [-0.05, 0) is 147 Å². The Morgan fingerprint density at radius 1 is 0.774 bits per heavy atom. The first-order valence-electron chi connectivity index (χ1n) is 20.0. The fourth-order valence-corrected chi connectivity index (χ4v) is 13.5. The van der Waals surface area contributed by atoms with E-state index in [1.54, 1.807) is 24.3 Å². The summed E-state index contributed by atoms with van der Waals surface area (Å²) in [4.78, 5) is 47.6. The maximum atomic E-state index is 14.7. The molecule has 0 aliphatic heterocycles. The van der Waals surface area contributed by atoms with Gasteiger partial charge in [-0.15, -0.1) is 0 Å². The molecule has 9 nitrogen and oxygen atoms in total. The Kier molecular flexibility index (Phi) is 9.47. The summed E-state index contributed by atoms with van der Waals surface area (Å²) < 4.78 is 0. The number of fused-ring (bicyclic) bond motifs is 7. The van der Waals surface area contributed by atoms with E-state index in [4.69, 9.17) is 0 Å². The molecular weight excluding hydrogens is 665 g/mol. The van der Waals surface area contributed by atoms with Gasteiger partial charge in [0.25, 0.3) is 5.91 Å². The molecule has 2 amide bonds. The van der Waals surface area contributed by atoms with Crippen LogP contribution in [0.2, 0.25) is 0 Å². The lowest BCUT2D eigenvalue weighted by molar-refractivity contribution is -0.246. The number of nitrogens with one attached hydrogen (secondary N) is 2. The van der Waals surface area contributed by atoms with Gasteiger partial charge in [0, 0.05) is 0 Å². The first kappa shape index (κ1) is 37.7. The molecule has 5 aliphatic carbocycles. The number of allylic oxidation sites excluding steroid dienone is 1. The Bertz CT molecular complexity index is 1810. The first-order valence-corrected chi connectivity index (χ1v) is 20.0. The molecule has 4 unspecified atom stereocenters. The summed E-state index contributed by atoms with van der Waals surface area (Å²) >= 11 is 0. The third-order valence-corrected chi connectivity index (χ3v) is 16.4. The van der Waals surface area contributed by atoms with E-state index in [2.05, 4.69) is 68.7 Å². The number of hydrogen-bond acceptors (Lipinski definition) is 6. The van der Waals surface area contributed by atoms with Crippen LogP contribution in [0, 0.1) is 56.7 Å². The van der Waals surface area contributed by atoms with Gasteiger partial charge in [-0.3, -0.25) is 9.59 Å². The highest BCUT2D eigenvalue weighted by Crippen LogP contribution is 2.77. The molecule has 0 saturated heterocycles. The van der Waals surface area contributed by atoms with Crippen molar-refractivity contribution in [2.45, 2.75) is 125 Å². The Balaban J connectivity index is 1.08. The predicted octanol–water partition coefficient (Wildman–Crippen LogP) is 7.74. The van der Waals surface area contributed by atoms with Crippen molar-refractivity contribution in [1.82, 2.24) is 20.6 Å². The molecule has 286 valence electrons. The fourth-order valence-electron chi connectivity index (χ4n) is 13.5. The van der Waals surface area contributed by atoms with E-state index in [9.17, 15) is 24.6 Å². The lowest BCUT2D eigenvalue weighted by Gasteiger charge is -2.72. The van der Waals surface area contributed by atoms with Gasteiger partial charge in [0.2, 0.25) is 5.91 Å². The lowest BCUT2D eigenvalue weighted by Crippen LogP contribution is -2.67. The van der Waals surface area contributed by atoms with Crippen LogP contribution in [0.15, 0.2) is 48.6 Å². The molecule has 0 radical (unpaired) electrons. The standard InChI is InChI=1S/C44H60N4O5/c1-26(2)29-16-21-44(39(53)46-25-28-10-8-12-31(47-28)37(50)45-24-27-11-9-13-32(48-27)38(51)52)23-22-42(6)30(36(29)44)14-15-34-41(5)19-18-35(49)40(3,4)33(41)17-20-43(34,42)7/h8-13,29-30,33-36,49H,1,14-25H2,2-7H3,(H,45,50)(H,46,53)(H,51,52)/t29-,30?,33?,34?,35-,36?,41-,42+,43+,44-/m0/s1. The summed E-state index contributed by atoms with van der Waals surface area (Å²) in [5.41, 5.74) is 2.35. The van der Waals surface area contributed by atoms with E-state index in [0.29, 0.717) is 35.1 Å². The molecule has 2 aromatic rings. The van der Waals surface area contributed by atoms with E-state index >= 15 is 0 Å². The minimum atomic E-state index is -1.13. The van der Waals surface area contributed by atoms with Crippen molar-refractivity contribution < 1.29 is 24.6 Å². The van der Waals surface area contributed by atoms with Gasteiger partial charge >= 0.3 is 5.97 Å². The first-order chi connectivity index (χ1) is 25.0. The molecule has 0 aromatic carbocycles. The van der Waals surface area contributed by atoms with Gasteiger partial charge in [-0.2, -0.15) is 0 Å². The van der Waals surface area contributed by atoms with Gasteiger partial charge < -0.3 is 20.8 Å². The van der Waals surface area contributed by atoms with Crippen LogP contribution in [0.25, 0.3) is 0 Å². The van der Waals surface area contributed by atoms with Crippen LogP contribution in [-0.2, 0) is 17.9 Å². The minimum Gasteiger partial charge on any atom is -0.477 e. The zero-order valence-corrected chi connectivity index (χ0v) is 32.6. The Morgan fingerprint density at radius 3 is 2.11 bits per heavy atom. The van der Waals surface area contributed by atoms with Gasteiger partial charge in [0.05, 0.1) is 36.0 Å². The molecule has 2 heterocycles. The number of amides is 2. The Hall–Kier alpha value is -3.59. The number of rotatable bonds is 8. The fraction of sp³-hybridized carbons (Fsp3) is 0.659. The van der Waals surface area contributed by atoms with E-state index < -0.39 is 17.3 Å². The molecule has 7 rings (SSSR count). The maximum absolute atomic E-state index is 14.7. The van der Waals surface area contributed by atoms with Crippen LogP contribution in [-0.4, -0.2) is 44.1 Å². The van der Waals surface area contributed by atoms with Crippen molar-refractivity contribution >= 4 is 17.8 Å². The van der Waals surface area contributed by atoms with Crippen LogP contribution < -0.4 is 10.6 Å². The average molecular weight is 725 g/mol. The Labute approximate surface area is 315 Å². The van der Waals surface area contributed by atoms with E-state index in [1.165, 1.54) is 24.5 Å². The molecule has 5 saturated carbocycles. The van der Waals surface area contributed by atoms with Crippen LogP contribution in [0.1, 0.15) is 138 Å². The van der Waals surface area contributed by atoms with Crippen molar-refractivity contribution in [3.05, 3.63) is 71.3 Å². The van der Waals surface area contributed by atoms with Crippen LogP contribution in [0.4, 0.5) is 0 Å². The number of carbonyl (C=O) groups excluding carboxylic acids is 2. The predicted molar refractivity (Wildman–Crippen MR) is 203 cm³/mol. The van der Waals surface area contributed by atoms with Gasteiger partial charge in [-0.25, -0.2) is 14.8 Å². The number of nitrogens with zero attached hydrogens (tertiary/aromatic N) is 2. The number of carbonyl (C=O) groups is 3. The zero-order valence-electron chi connectivity index (χ0n) is 32.6. The van der Waals surface area contributed by atoms with Crippen molar-refractivity contribution in [2.24, 2.45) is 56.7 Å². The number of hydrogen-bond donors (Lipinski definition) is 4. The molecule has 0 spiro atoms. The van der Waals surface area contributed by atoms with E-state index in [0.717, 1.165) is 51.4 Å². The number of aliphatic hydroxyl groups excluding tert-OH is 1. The second-order valence-corrected chi connectivity index (χ2v) is 18.9. The highest BCUT2D eigenvalue weighted by molar-refractivity contribution is 5.92. The van der Waals surface area contributed by atoms with Crippen molar-refractivity contribution in [2.75, 3.05) is 0 Å². The third-order valence-electron chi connectivity index (χ3n) is 16.4. The van der Waals surface area contributed by atoms with Gasteiger partial charge in [0.15, 0.2) is 0 Å². The van der Waals surface area contributed by atoms with Crippen LogP contribution >= 0.6 is 0 Å². The van der Waals surface area contributed by atoms with Gasteiger partial charge in [-0.1, -0.05) is 58.9 Å². The number of aromatic carboxylic acids is 1. The van der Waals surface area contributed by atoms with Crippen molar-refractivity contribution in [1.29, 1.82) is 0 Å². The average Bonchev–Trinajstić information content (AvgIpc) is 3.53. The maximum Gasteiger partial charge on any atom is 0.354 e. The third kappa shape index (κ3) is 5.86. The number of pyridine rings is 2. The Morgan fingerprint density at radius 2 is 1.43 bits per heavy atom. The second kappa shape index (κ2) is 13.3. The zero-order chi connectivity index (χ0) is 38.1. The van der Waals surface area contributed by atoms with Gasteiger partial charge in [0.1, 0.15) is 11.4 Å². The number of aromatic nitrogens is 2. The molecule has 5 aliphatic rings. The largest absolute Gasteiger partial charge is 0.477 e. The minimum absolute atomic E-state index is 0.0667. The molecule has 0 bridgehead atoms. The monoisotopic (exact) mass is 724 g/mol. The molecule has 53 heavy (non-hydrogen) atoms. The molecule has 5 fully saturated rings. The highest BCUT2D eigenvalue weighted by atomic mass is 16.4. The molecule has 9 heteroatoms. The number of aliphatic hydroxyl groups is 1. The quantitative estimate of drug-likeness (QED) is 0.204. The second-order valence-electron chi connectivity index (χ2n) is 18.9. The number of carboxylic acids is 1. The lowest BCUT2D eigenvalue weighted by atomic mass is 9.32. The van der Waals surface area contributed by atoms with Crippen molar-refractivity contribution in [3.63, 3.8) is 0 Å². The smallest absolute Gasteiger partial charge is 0.354 e. The highest BCUT2D eigenvalue weighted by Gasteiger charge is 2.71. The molecular formula is C44H60N4O5. The van der Waals surface area contributed by atoms with Crippen LogP contribution in [0.3, 0.4) is 0 Å². The summed E-state index contributed by atoms with van der Waals surface area (Å²) in [5, 5.41) is 26.4. The summed E-state index contributed by atoms with van der Waals surface area (Å²) in [5.74, 6) is 0.708. The van der Waals surface area contributed by atoms with E-state index in [-0.39, 0.29) is 64.1 Å². The summed E-state index contributed by atoms with van der Waals surface area (Å²) in [7, 11) is 0.